The average molecular weight is 458 g/mol. The smallest absolute Gasteiger partial charge is 0.308 e. The molecule has 1 heterocycles. The Hall–Kier alpha value is -3.16. The highest BCUT2D eigenvalue weighted by molar-refractivity contribution is 6.33. The minimum absolute atomic E-state index is 0.0255. The first-order chi connectivity index (χ1) is 15.2. The molecule has 0 aromatic heterocycles. The molecule has 1 atom stereocenters. The van der Waals surface area contributed by atoms with E-state index in [0.717, 1.165) is 16.7 Å². The first kappa shape index (κ1) is 23.5. The Morgan fingerprint density at radius 3 is 2.25 bits per heavy atom. The maximum atomic E-state index is 11.7. The molecule has 0 radical (unpaired) electrons. The van der Waals surface area contributed by atoms with Crippen LogP contribution in [0.4, 0.5) is 0 Å². The number of carbonyl (C=O) groups excluding carboxylic acids is 3. The van der Waals surface area contributed by atoms with Crippen molar-refractivity contribution in [3.63, 3.8) is 0 Å². The molecule has 2 aromatic rings. The first-order valence-corrected chi connectivity index (χ1v) is 10.4. The van der Waals surface area contributed by atoms with Crippen molar-refractivity contribution in [2.75, 3.05) is 13.1 Å². The Bertz CT molecular complexity index is 1060. The molecule has 0 saturated heterocycles. The molecule has 8 heteroatoms. The molecular formula is C24H24ClNO6. The summed E-state index contributed by atoms with van der Waals surface area (Å²) in [6.07, 6.45) is 1.81. The Balaban J connectivity index is 2.13. The van der Waals surface area contributed by atoms with Crippen LogP contribution >= 0.6 is 11.6 Å². The minimum atomic E-state index is -0.573. The lowest BCUT2D eigenvalue weighted by molar-refractivity contribution is -0.134. The zero-order chi connectivity index (χ0) is 23.4. The zero-order valence-electron chi connectivity index (χ0n) is 18.1. The number of rotatable bonds is 6. The SMILES string of the molecule is C=CCN1Cc2c(cc(OC(C)=O)c(OC(C)=O)c2Cl)C(c2ccc(OC(C)=O)cc2)C1. The summed E-state index contributed by atoms with van der Waals surface area (Å²) in [5.41, 5.74) is 2.60. The maximum Gasteiger partial charge on any atom is 0.308 e. The van der Waals surface area contributed by atoms with Crippen LogP contribution in [0.25, 0.3) is 0 Å². The Kier molecular flexibility index (Phi) is 7.33. The summed E-state index contributed by atoms with van der Waals surface area (Å²) in [5.74, 6) is -1.08. The van der Waals surface area contributed by atoms with Crippen LogP contribution in [0.1, 0.15) is 43.4 Å². The molecule has 0 amide bonds. The number of halogens is 1. The van der Waals surface area contributed by atoms with Crippen LogP contribution in [-0.2, 0) is 20.9 Å². The van der Waals surface area contributed by atoms with Crippen molar-refractivity contribution in [1.29, 1.82) is 0 Å². The minimum Gasteiger partial charge on any atom is -0.427 e. The van der Waals surface area contributed by atoms with Crippen LogP contribution < -0.4 is 14.2 Å². The second-order valence-corrected chi connectivity index (χ2v) is 7.85. The number of ether oxygens (including phenoxy) is 3. The average Bonchev–Trinajstić information content (AvgIpc) is 2.71. The Morgan fingerprint density at radius 2 is 1.69 bits per heavy atom. The fraction of sp³-hybridized carbons (Fsp3) is 0.292. The highest BCUT2D eigenvalue weighted by atomic mass is 35.5. The quantitative estimate of drug-likeness (QED) is 0.364. The fourth-order valence-electron chi connectivity index (χ4n) is 3.79. The molecule has 168 valence electrons. The molecule has 1 aliphatic rings. The van der Waals surface area contributed by atoms with E-state index in [1.54, 1.807) is 24.3 Å². The third-order valence-electron chi connectivity index (χ3n) is 4.95. The maximum absolute atomic E-state index is 11.7. The van der Waals surface area contributed by atoms with E-state index in [2.05, 4.69) is 11.5 Å². The van der Waals surface area contributed by atoms with Crippen molar-refractivity contribution >= 4 is 29.5 Å². The van der Waals surface area contributed by atoms with Gasteiger partial charge in [0.2, 0.25) is 0 Å². The van der Waals surface area contributed by atoms with Gasteiger partial charge >= 0.3 is 17.9 Å². The van der Waals surface area contributed by atoms with Crippen molar-refractivity contribution in [2.45, 2.75) is 33.2 Å². The van der Waals surface area contributed by atoms with E-state index >= 15 is 0 Å². The van der Waals surface area contributed by atoms with Gasteiger partial charge in [-0.1, -0.05) is 29.8 Å². The number of nitrogens with zero attached hydrogens (tertiary/aromatic N) is 1. The van der Waals surface area contributed by atoms with Crippen molar-refractivity contribution in [3.05, 3.63) is 64.7 Å². The Labute approximate surface area is 191 Å². The summed E-state index contributed by atoms with van der Waals surface area (Å²) in [5, 5.41) is 0.226. The topological polar surface area (TPSA) is 82.1 Å². The summed E-state index contributed by atoms with van der Waals surface area (Å²) in [6, 6.07) is 8.92. The number of esters is 3. The molecule has 7 nitrogen and oxygen atoms in total. The van der Waals surface area contributed by atoms with E-state index in [4.69, 9.17) is 25.8 Å². The van der Waals surface area contributed by atoms with Crippen molar-refractivity contribution < 1.29 is 28.6 Å². The summed E-state index contributed by atoms with van der Waals surface area (Å²) >= 11 is 6.68. The van der Waals surface area contributed by atoms with E-state index < -0.39 is 17.9 Å². The lowest BCUT2D eigenvalue weighted by Gasteiger charge is -2.35. The third kappa shape index (κ3) is 5.36. The van der Waals surface area contributed by atoms with E-state index in [1.807, 2.05) is 12.1 Å². The second kappa shape index (κ2) is 9.97. The van der Waals surface area contributed by atoms with Gasteiger partial charge in [-0.15, -0.1) is 6.58 Å². The van der Waals surface area contributed by atoms with Gasteiger partial charge in [-0.2, -0.15) is 0 Å². The van der Waals surface area contributed by atoms with Gasteiger partial charge in [0.15, 0.2) is 11.5 Å². The summed E-state index contributed by atoms with van der Waals surface area (Å²) in [7, 11) is 0. The molecule has 0 aliphatic carbocycles. The predicted octanol–water partition coefficient (Wildman–Crippen LogP) is 4.25. The molecular weight excluding hydrogens is 434 g/mol. The van der Waals surface area contributed by atoms with Gasteiger partial charge in [0.25, 0.3) is 0 Å². The van der Waals surface area contributed by atoms with Crippen molar-refractivity contribution in [1.82, 2.24) is 4.90 Å². The summed E-state index contributed by atoms with van der Waals surface area (Å²) in [4.78, 5) is 36.7. The largest absolute Gasteiger partial charge is 0.427 e. The van der Waals surface area contributed by atoms with Crippen LogP contribution in [-0.4, -0.2) is 35.9 Å². The van der Waals surface area contributed by atoms with Crippen LogP contribution in [0, 0.1) is 0 Å². The van der Waals surface area contributed by atoms with Gasteiger partial charge in [0.1, 0.15) is 5.75 Å². The molecule has 1 aliphatic heterocycles. The van der Waals surface area contributed by atoms with Gasteiger partial charge in [-0.05, 0) is 34.9 Å². The zero-order valence-corrected chi connectivity index (χ0v) is 18.9. The van der Waals surface area contributed by atoms with E-state index in [0.29, 0.717) is 25.4 Å². The number of carbonyl (C=O) groups is 3. The molecule has 32 heavy (non-hydrogen) atoms. The first-order valence-electron chi connectivity index (χ1n) is 10.0. The Morgan fingerprint density at radius 1 is 1.06 bits per heavy atom. The van der Waals surface area contributed by atoms with Gasteiger partial charge in [0, 0.05) is 46.3 Å². The van der Waals surface area contributed by atoms with Gasteiger partial charge in [-0.3, -0.25) is 19.3 Å². The van der Waals surface area contributed by atoms with E-state index in [-0.39, 0.29) is 22.4 Å². The molecule has 0 saturated carbocycles. The van der Waals surface area contributed by atoms with Crippen LogP contribution in [0.15, 0.2) is 43.0 Å². The van der Waals surface area contributed by atoms with Crippen LogP contribution in [0.5, 0.6) is 17.2 Å². The molecule has 0 fully saturated rings. The third-order valence-corrected chi connectivity index (χ3v) is 5.35. The fourth-order valence-corrected chi connectivity index (χ4v) is 4.09. The molecule has 3 rings (SSSR count). The van der Waals surface area contributed by atoms with Crippen LogP contribution in [0.3, 0.4) is 0 Å². The normalized spacial score (nSPS) is 15.4. The highest BCUT2D eigenvalue weighted by Crippen LogP contribution is 2.46. The number of benzene rings is 2. The molecule has 0 bridgehead atoms. The van der Waals surface area contributed by atoms with E-state index in [1.165, 1.54) is 20.8 Å². The van der Waals surface area contributed by atoms with Crippen LogP contribution in [0.2, 0.25) is 5.02 Å². The number of hydrogen-bond donors (Lipinski definition) is 0. The number of hydrogen-bond acceptors (Lipinski definition) is 7. The second-order valence-electron chi connectivity index (χ2n) is 7.47. The standard InChI is InChI=1S/C24H24ClNO6/c1-5-10-26-12-20(17-6-8-18(9-7-17)30-14(2)27)19-11-22(31-15(3)28)24(32-16(4)29)23(25)21(19)13-26/h5-9,11,20H,1,10,12-13H2,2-4H3. The monoisotopic (exact) mass is 457 g/mol. The lowest BCUT2D eigenvalue weighted by Crippen LogP contribution is -2.34. The molecule has 0 spiro atoms. The van der Waals surface area contributed by atoms with Crippen molar-refractivity contribution in [2.24, 2.45) is 0 Å². The van der Waals surface area contributed by atoms with Crippen molar-refractivity contribution in [3.8, 4) is 17.2 Å². The van der Waals surface area contributed by atoms with Gasteiger partial charge in [-0.25, -0.2) is 0 Å². The number of fused-ring (bicyclic) bond motifs is 1. The summed E-state index contributed by atoms with van der Waals surface area (Å²) in [6.45, 7) is 9.49. The highest BCUT2D eigenvalue weighted by Gasteiger charge is 2.32. The molecule has 2 aromatic carbocycles. The summed E-state index contributed by atoms with van der Waals surface area (Å²) < 4.78 is 15.8. The van der Waals surface area contributed by atoms with E-state index in [9.17, 15) is 14.4 Å². The lowest BCUT2D eigenvalue weighted by atomic mass is 9.84. The van der Waals surface area contributed by atoms with Gasteiger partial charge < -0.3 is 14.2 Å². The molecule has 1 unspecified atom stereocenters. The predicted molar refractivity (Wildman–Crippen MR) is 119 cm³/mol. The van der Waals surface area contributed by atoms with Gasteiger partial charge in [0.05, 0.1) is 5.02 Å². The molecule has 0 N–H and O–H groups in total.